The van der Waals surface area contributed by atoms with Gasteiger partial charge < -0.3 is 44.1 Å². The number of carbonyl (C=O) groups excluding carboxylic acids is 4. The van der Waals surface area contributed by atoms with Crippen LogP contribution in [0.15, 0.2) is 79.0 Å². The number of hydrogen-bond donors (Lipinski definition) is 4. The summed E-state index contributed by atoms with van der Waals surface area (Å²) in [5, 5.41) is 26.5. The number of benzene rings is 3. The molecule has 3 amide bonds. The van der Waals surface area contributed by atoms with Gasteiger partial charge in [0.15, 0.2) is 0 Å². The van der Waals surface area contributed by atoms with Crippen molar-refractivity contribution >= 4 is 40.3 Å². The van der Waals surface area contributed by atoms with Crippen LogP contribution in [0.4, 0.5) is 5.69 Å². The Bertz CT molecular complexity index is 3040. The molecule has 10 rings (SSSR count). The van der Waals surface area contributed by atoms with Crippen molar-refractivity contribution in [3.05, 3.63) is 101 Å². The normalized spacial score (nSPS) is 24.0. The van der Waals surface area contributed by atoms with Gasteiger partial charge in [-0.25, -0.2) is 5.43 Å². The quantitative estimate of drug-likeness (QED) is 0.0629. The lowest BCUT2D eigenvalue weighted by atomic mass is 9.84. The SMILES string of the molecule is CCn1c(-c2cc(N3CCN(CCCCO)CC3)cnc2[C@H](C)OC)c2c3cc(ccc31)-c1cc(O)cc(c1)C[C@H](NC(=O)[C@H](C(C)C)N(C)C(=O)[C@@H]1OC[C@@H]1c1ccccc1)C(=O)N1CC3C[C@@H]3[C@H](N1)C(=O)OCC(C)(C)C2. The standard InChI is InChI=1S/C62H80N8O9/c1-9-69-52-18-17-41-29-47(52)49(56(69)48-31-44(33-63-53(48)38(4)77-8)68-22-20-67(21-23-68)19-13-14-24-71)32-62(5,6)36-79-61(76)54-46-30-43(46)34-70(65-54)59(74)51(27-39-25-42(41)28-45(72)26-39)64-58(73)55(37(2)3)66(7)60(75)57-50(35-78-57)40-15-11-10-12-16-40/h10-12,15-18,25-26,28-29,31,33,37-38,43,46,50-51,54-55,57,65,71-72H,9,13-14,19-24,27,30,32,34-36H2,1-8H3,(H,64,73)/t38-,43?,46-,50+,51-,54-,55-,57+/m0/s1. The van der Waals surface area contributed by atoms with Crippen LogP contribution in [0.1, 0.15) is 95.2 Å². The molecule has 422 valence electrons. The molecule has 1 saturated carbocycles. The molecule has 1 unspecified atom stereocenters. The maximum atomic E-state index is 15.1. The number of fused-ring (bicyclic) bond motifs is 8. The molecule has 4 fully saturated rings. The molecule has 0 radical (unpaired) electrons. The molecule has 5 aliphatic rings. The fourth-order valence-electron chi connectivity index (χ4n) is 12.7. The summed E-state index contributed by atoms with van der Waals surface area (Å²) in [6.07, 6.45) is 3.90. The molecular weight excluding hydrogens is 1000 g/mol. The Labute approximate surface area is 464 Å². The molecule has 17 heteroatoms. The number of anilines is 1. The largest absolute Gasteiger partial charge is 0.508 e. The summed E-state index contributed by atoms with van der Waals surface area (Å²) in [6.45, 7) is 18.3. The second-order valence-corrected chi connectivity index (χ2v) is 23.8. The number of aromatic nitrogens is 2. The predicted molar refractivity (Wildman–Crippen MR) is 303 cm³/mol. The number of cyclic esters (lactones) is 1. The number of aryl methyl sites for hydroxylation is 1. The number of hydrazine groups is 1. The highest BCUT2D eigenvalue weighted by Crippen LogP contribution is 2.46. The van der Waals surface area contributed by atoms with Gasteiger partial charge in [0.05, 0.1) is 42.6 Å². The lowest BCUT2D eigenvalue weighted by molar-refractivity contribution is -0.165. The summed E-state index contributed by atoms with van der Waals surface area (Å²) >= 11 is 0. The van der Waals surface area contributed by atoms with Crippen LogP contribution in [-0.4, -0.2) is 156 Å². The van der Waals surface area contributed by atoms with Crippen molar-refractivity contribution in [2.45, 2.75) is 116 Å². The Hall–Kier alpha value is -6.37. The van der Waals surface area contributed by atoms with E-state index in [1.165, 1.54) is 9.91 Å². The van der Waals surface area contributed by atoms with Crippen LogP contribution < -0.4 is 15.6 Å². The zero-order chi connectivity index (χ0) is 55.9. The first kappa shape index (κ1) is 55.9. The molecule has 8 atom stereocenters. The van der Waals surface area contributed by atoms with Crippen molar-refractivity contribution in [1.29, 1.82) is 0 Å². The van der Waals surface area contributed by atoms with Crippen LogP contribution in [0.3, 0.4) is 0 Å². The van der Waals surface area contributed by atoms with Gasteiger partial charge >= 0.3 is 5.97 Å². The van der Waals surface area contributed by atoms with Gasteiger partial charge in [0.1, 0.15) is 30.0 Å². The third kappa shape index (κ3) is 11.7. The first-order valence-corrected chi connectivity index (χ1v) is 28.5. The van der Waals surface area contributed by atoms with Crippen molar-refractivity contribution in [1.82, 2.24) is 35.1 Å². The number of aromatic hydroxyl groups is 1. The number of piperazine rings is 1. The van der Waals surface area contributed by atoms with Gasteiger partial charge in [-0.05, 0) is 122 Å². The Morgan fingerprint density at radius 3 is 2.46 bits per heavy atom. The van der Waals surface area contributed by atoms with Crippen LogP contribution in [0.5, 0.6) is 5.75 Å². The summed E-state index contributed by atoms with van der Waals surface area (Å²) in [4.78, 5) is 70.0. The van der Waals surface area contributed by atoms with Crippen molar-refractivity contribution in [2.24, 2.45) is 23.2 Å². The molecule has 79 heavy (non-hydrogen) atoms. The first-order chi connectivity index (χ1) is 38.0. The van der Waals surface area contributed by atoms with Gasteiger partial charge in [0.25, 0.3) is 11.8 Å². The van der Waals surface area contributed by atoms with Gasteiger partial charge in [-0.2, -0.15) is 0 Å². The van der Waals surface area contributed by atoms with Crippen LogP contribution >= 0.6 is 0 Å². The van der Waals surface area contributed by atoms with Crippen molar-refractivity contribution in [3.63, 3.8) is 0 Å². The molecule has 0 spiro atoms. The minimum absolute atomic E-state index is 0.00152. The molecule has 3 aromatic carbocycles. The van der Waals surface area contributed by atoms with Crippen molar-refractivity contribution < 1.29 is 43.6 Å². The topological polar surface area (TPSA) is 191 Å². The van der Waals surface area contributed by atoms with Gasteiger partial charge in [0.2, 0.25) is 5.91 Å². The Morgan fingerprint density at radius 1 is 0.987 bits per heavy atom. The number of likely N-dealkylation sites (N-methyl/N-ethyl adjacent to an activating group) is 1. The Morgan fingerprint density at radius 2 is 1.76 bits per heavy atom. The van der Waals surface area contributed by atoms with E-state index < -0.39 is 47.4 Å². The molecule has 4 aliphatic heterocycles. The summed E-state index contributed by atoms with van der Waals surface area (Å²) in [5.74, 6) is -2.18. The van der Waals surface area contributed by atoms with Crippen LogP contribution in [0.2, 0.25) is 0 Å². The molecule has 6 bridgehead atoms. The molecule has 6 heterocycles. The fourth-order valence-corrected chi connectivity index (χ4v) is 12.7. The van der Waals surface area contributed by atoms with Crippen LogP contribution in [0.25, 0.3) is 33.3 Å². The monoisotopic (exact) mass is 1080 g/mol. The minimum Gasteiger partial charge on any atom is -0.508 e. The van der Waals surface area contributed by atoms with E-state index in [2.05, 4.69) is 70.1 Å². The van der Waals surface area contributed by atoms with E-state index in [0.717, 1.165) is 108 Å². The van der Waals surface area contributed by atoms with E-state index in [4.69, 9.17) is 19.2 Å². The fraction of sp³-hybridized carbons (Fsp3) is 0.532. The second kappa shape index (κ2) is 23.4. The number of rotatable bonds is 15. The number of hydrogen-bond acceptors (Lipinski definition) is 13. The number of nitrogens with one attached hydrogen (secondary N) is 2. The average Bonchev–Trinajstić information content (AvgIpc) is 4.39. The number of aliphatic hydroxyl groups is 1. The number of pyridine rings is 1. The number of methoxy groups -OCH3 is 1. The smallest absolute Gasteiger partial charge is 0.325 e. The second-order valence-electron chi connectivity index (χ2n) is 23.8. The zero-order valence-electron chi connectivity index (χ0n) is 47.2. The number of carbonyl (C=O) groups is 4. The number of esters is 1. The Balaban J connectivity index is 1.04. The van der Waals surface area contributed by atoms with Crippen LogP contribution in [0, 0.1) is 23.2 Å². The number of amides is 3. The number of phenolic OH excluding ortho intramolecular Hbond substituents is 1. The van der Waals surface area contributed by atoms with Gasteiger partial charge in [-0.1, -0.05) is 70.2 Å². The summed E-state index contributed by atoms with van der Waals surface area (Å²) in [7, 11) is 3.32. The number of ether oxygens (including phenoxy) is 3. The van der Waals surface area contributed by atoms with Gasteiger partial charge in [-0.3, -0.25) is 34.1 Å². The third-order valence-electron chi connectivity index (χ3n) is 17.2. The van der Waals surface area contributed by atoms with E-state index in [1.54, 1.807) is 26.3 Å². The minimum atomic E-state index is -1.16. The molecule has 1 aliphatic carbocycles. The number of phenols is 1. The highest BCUT2D eigenvalue weighted by molar-refractivity contribution is 5.96. The molecular formula is C62H80N8O9. The summed E-state index contributed by atoms with van der Waals surface area (Å²) in [5.41, 5.74) is 11.7. The van der Waals surface area contributed by atoms with E-state index in [-0.39, 0.29) is 61.1 Å². The molecule has 4 N–H and O–H groups in total. The van der Waals surface area contributed by atoms with Gasteiger partial charge in [0, 0.05) is 94.3 Å². The predicted octanol–water partition coefficient (Wildman–Crippen LogP) is 6.87. The van der Waals surface area contributed by atoms with Crippen molar-refractivity contribution in [3.8, 4) is 28.1 Å². The summed E-state index contributed by atoms with van der Waals surface area (Å²) in [6, 6.07) is 20.8. The maximum Gasteiger partial charge on any atom is 0.325 e. The summed E-state index contributed by atoms with van der Waals surface area (Å²) < 4.78 is 20.6. The molecule has 5 aromatic rings. The average molecular weight is 1080 g/mol. The lowest BCUT2D eigenvalue weighted by Crippen LogP contribution is -2.63. The highest BCUT2D eigenvalue weighted by Gasteiger charge is 2.53. The Kier molecular flexibility index (Phi) is 16.6. The third-order valence-corrected chi connectivity index (χ3v) is 17.2. The van der Waals surface area contributed by atoms with Crippen LogP contribution in [-0.2, 0) is 52.8 Å². The molecule has 17 nitrogen and oxygen atoms in total. The van der Waals surface area contributed by atoms with Gasteiger partial charge in [-0.15, -0.1) is 0 Å². The number of unbranched alkanes of at least 4 members (excludes halogenated alkanes) is 1. The van der Waals surface area contributed by atoms with E-state index in [1.807, 2.05) is 63.4 Å². The van der Waals surface area contributed by atoms with Crippen molar-refractivity contribution in [2.75, 3.05) is 78.1 Å². The van der Waals surface area contributed by atoms with E-state index >= 15 is 4.79 Å². The number of aliphatic hydroxyl groups excluding tert-OH is 1. The number of nitrogens with zero attached hydrogens (tertiary/aromatic N) is 6. The molecule has 3 saturated heterocycles. The maximum absolute atomic E-state index is 15.1. The van der Waals surface area contributed by atoms with E-state index in [0.29, 0.717) is 31.7 Å². The first-order valence-electron chi connectivity index (χ1n) is 28.5. The lowest BCUT2D eigenvalue weighted by Gasteiger charge is -2.41. The highest BCUT2D eigenvalue weighted by atomic mass is 16.5. The van der Waals surface area contributed by atoms with E-state index in [9.17, 15) is 24.6 Å². The zero-order valence-corrected chi connectivity index (χ0v) is 47.2. The molecule has 2 aromatic heterocycles.